The molecule has 0 spiro atoms. The summed E-state index contributed by atoms with van der Waals surface area (Å²) in [6.07, 6.45) is 10.4. The average Bonchev–Trinajstić information content (AvgIpc) is 2.25. The van der Waals surface area contributed by atoms with Gasteiger partial charge >= 0.3 is 7.82 Å². The lowest BCUT2D eigenvalue weighted by molar-refractivity contribution is 0.126. The van der Waals surface area contributed by atoms with Crippen LogP contribution in [0.1, 0.15) is 45.4 Å². The van der Waals surface area contributed by atoms with Crippen molar-refractivity contribution in [1.82, 2.24) is 0 Å². The Kier molecular flexibility index (Phi) is 7.05. The van der Waals surface area contributed by atoms with Gasteiger partial charge in [0, 0.05) is 0 Å². The Labute approximate surface area is 104 Å². The molecule has 0 saturated heterocycles. The number of phosphoric ester groups is 1. The zero-order valence-electron chi connectivity index (χ0n) is 10.5. The quantitative estimate of drug-likeness (QED) is 0.586. The van der Waals surface area contributed by atoms with E-state index >= 15 is 0 Å². The Morgan fingerprint density at radius 1 is 1.29 bits per heavy atom. The van der Waals surface area contributed by atoms with Crippen LogP contribution in [0.2, 0.25) is 0 Å². The minimum absolute atomic E-state index is 0.265. The molecule has 0 fully saturated rings. The molecule has 0 radical (unpaired) electrons. The number of hydrogen-bond acceptors (Lipinski definition) is 3. The molecule has 2 unspecified atom stereocenters. The summed E-state index contributed by atoms with van der Waals surface area (Å²) >= 11 is 0. The fourth-order valence-corrected chi connectivity index (χ4v) is 2.73. The molecule has 1 N–H and O–H groups in total. The van der Waals surface area contributed by atoms with Crippen molar-refractivity contribution < 1.29 is 18.5 Å². The summed E-state index contributed by atoms with van der Waals surface area (Å²) < 4.78 is 21.3. The summed E-state index contributed by atoms with van der Waals surface area (Å²) in [5.41, 5.74) is 0. The lowest BCUT2D eigenvalue weighted by Crippen LogP contribution is -2.10. The second-order valence-electron chi connectivity index (χ2n) is 4.44. The highest BCUT2D eigenvalue weighted by Gasteiger charge is 2.22. The van der Waals surface area contributed by atoms with Gasteiger partial charge in [0.2, 0.25) is 0 Å². The normalized spacial score (nSPS) is 26.8. The van der Waals surface area contributed by atoms with Gasteiger partial charge in [-0.15, -0.1) is 0 Å². The van der Waals surface area contributed by atoms with Crippen LogP contribution in [0, 0.1) is 5.92 Å². The van der Waals surface area contributed by atoms with E-state index in [1.165, 1.54) is 0 Å². The SMILES string of the molecule is CCCOP(=O)(O)OCC1CC/C=C\CCC1. The summed E-state index contributed by atoms with van der Waals surface area (Å²) in [6, 6.07) is 0. The summed E-state index contributed by atoms with van der Waals surface area (Å²) in [7, 11) is -3.82. The molecular weight excluding hydrogens is 239 g/mol. The first-order valence-corrected chi connectivity index (χ1v) is 7.90. The highest BCUT2D eigenvalue weighted by molar-refractivity contribution is 7.47. The first-order chi connectivity index (χ1) is 8.14. The summed E-state index contributed by atoms with van der Waals surface area (Å²) in [4.78, 5) is 9.40. The van der Waals surface area contributed by atoms with E-state index in [0.29, 0.717) is 18.9 Å². The first-order valence-electron chi connectivity index (χ1n) is 6.41. The van der Waals surface area contributed by atoms with Gasteiger partial charge in [-0.25, -0.2) is 4.57 Å². The Morgan fingerprint density at radius 2 is 2.06 bits per heavy atom. The summed E-state index contributed by atoms with van der Waals surface area (Å²) in [5.74, 6) is 0.366. The van der Waals surface area contributed by atoms with Crippen molar-refractivity contribution in [3.05, 3.63) is 12.2 Å². The van der Waals surface area contributed by atoms with Crippen LogP contribution >= 0.6 is 7.82 Å². The topological polar surface area (TPSA) is 55.8 Å². The minimum Gasteiger partial charge on any atom is -0.302 e. The summed E-state index contributed by atoms with van der Waals surface area (Å²) in [6.45, 7) is 2.48. The first kappa shape index (κ1) is 14.9. The van der Waals surface area contributed by atoms with Crippen molar-refractivity contribution in [2.24, 2.45) is 5.92 Å². The monoisotopic (exact) mass is 262 g/mol. The molecule has 2 atom stereocenters. The largest absolute Gasteiger partial charge is 0.472 e. The predicted molar refractivity (Wildman–Crippen MR) is 67.7 cm³/mol. The minimum atomic E-state index is -3.82. The summed E-state index contributed by atoms with van der Waals surface area (Å²) in [5, 5.41) is 0. The van der Waals surface area contributed by atoms with E-state index in [9.17, 15) is 9.46 Å². The third kappa shape index (κ3) is 6.99. The van der Waals surface area contributed by atoms with Gasteiger partial charge in [0.05, 0.1) is 13.2 Å². The van der Waals surface area contributed by atoms with Gasteiger partial charge in [0.15, 0.2) is 0 Å². The zero-order valence-corrected chi connectivity index (χ0v) is 11.4. The Hall–Kier alpha value is -0.150. The molecule has 0 aromatic heterocycles. The van der Waals surface area contributed by atoms with Crippen molar-refractivity contribution in [2.75, 3.05) is 13.2 Å². The van der Waals surface area contributed by atoms with Crippen LogP contribution in [-0.4, -0.2) is 18.1 Å². The van der Waals surface area contributed by atoms with Gasteiger partial charge in [0.25, 0.3) is 0 Å². The highest BCUT2D eigenvalue weighted by Crippen LogP contribution is 2.44. The second-order valence-corrected chi connectivity index (χ2v) is 5.90. The van der Waals surface area contributed by atoms with E-state index < -0.39 is 7.82 Å². The fourth-order valence-electron chi connectivity index (χ4n) is 1.85. The molecule has 0 aromatic carbocycles. The van der Waals surface area contributed by atoms with Crippen molar-refractivity contribution in [1.29, 1.82) is 0 Å². The molecule has 0 aliphatic heterocycles. The van der Waals surface area contributed by atoms with Gasteiger partial charge in [-0.2, -0.15) is 0 Å². The fraction of sp³-hybridized carbons (Fsp3) is 0.833. The number of allylic oxidation sites excluding steroid dienone is 2. The number of phosphoric acid groups is 1. The molecule has 1 aliphatic carbocycles. The van der Waals surface area contributed by atoms with Crippen molar-refractivity contribution in [3.8, 4) is 0 Å². The van der Waals surface area contributed by atoms with Gasteiger partial charge < -0.3 is 4.89 Å². The maximum atomic E-state index is 11.5. The third-order valence-corrected chi connectivity index (χ3v) is 3.81. The van der Waals surface area contributed by atoms with Crippen molar-refractivity contribution in [3.63, 3.8) is 0 Å². The molecule has 0 bridgehead atoms. The molecule has 0 saturated carbocycles. The molecule has 0 heterocycles. The smallest absolute Gasteiger partial charge is 0.302 e. The molecule has 1 rings (SSSR count). The van der Waals surface area contributed by atoms with Gasteiger partial charge in [-0.05, 0) is 44.4 Å². The molecule has 100 valence electrons. The van der Waals surface area contributed by atoms with Gasteiger partial charge in [-0.3, -0.25) is 9.05 Å². The van der Waals surface area contributed by atoms with E-state index in [0.717, 1.165) is 32.1 Å². The number of hydrogen-bond donors (Lipinski definition) is 1. The molecule has 17 heavy (non-hydrogen) atoms. The van der Waals surface area contributed by atoms with Crippen LogP contribution in [-0.2, 0) is 13.6 Å². The molecular formula is C12H23O4P. The lowest BCUT2D eigenvalue weighted by atomic mass is 9.95. The highest BCUT2D eigenvalue weighted by atomic mass is 31.2. The molecule has 1 aliphatic rings. The van der Waals surface area contributed by atoms with Crippen LogP contribution in [0.4, 0.5) is 0 Å². The standard InChI is InChI=1S/C12H23O4P/c1-2-10-15-17(13,14)16-11-12-8-6-4-3-5-7-9-12/h3-4,12H,2,5-11H2,1H3,(H,13,14)/b4-3-. The zero-order chi connectivity index (χ0) is 12.6. The average molecular weight is 262 g/mol. The molecule has 0 aromatic rings. The van der Waals surface area contributed by atoms with Crippen LogP contribution < -0.4 is 0 Å². The maximum absolute atomic E-state index is 11.5. The number of rotatable bonds is 6. The van der Waals surface area contributed by atoms with E-state index in [1.807, 2.05) is 6.92 Å². The van der Waals surface area contributed by atoms with Gasteiger partial charge in [0.1, 0.15) is 0 Å². The Morgan fingerprint density at radius 3 is 2.82 bits per heavy atom. The van der Waals surface area contributed by atoms with Crippen LogP contribution in [0.25, 0.3) is 0 Å². The Bertz CT molecular complexity index is 278. The molecule has 5 heteroatoms. The lowest BCUT2D eigenvalue weighted by Gasteiger charge is -2.19. The van der Waals surface area contributed by atoms with E-state index in [1.54, 1.807) is 0 Å². The van der Waals surface area contributed by atoms with Crippen LogP contribution in [0.15, 0.2) is 12.2 Å². The van der Waals surface area contributed by atoms with E-state index in [2.05, 4.69) is 12.2 Å². The third-order valence-electron chi connectivity index (χ3n) is 2.82. The molecule has 4 nitrogen and oxygen atoms in total. The van der Waals surface area contributed by atoms with E-state index in [4.69, 9.17) is 9.05 Å². The van der Waals surface area contributed by atoms with Crippen molar-refractivity contribution >= 4 is 7.82 Å². The van der Waals surface area contributed by atoms with Crippen LogP contribution in [0.3, 0.4) is 0 Å². The van der Waals surface area contributed by atoms with Crippen molar-refractivity contribution in [2.45, 2.75) is 45.4 Å². The second kappa shape index (κ2) is 8.04. The van der Waals surface area contributed by atoms with Gasteiger partial charge in [-0.1, -0.05) is 19.1 Å². The predicted octanol–water partition coefficient (Wildman–Crippen LogP) is 3.67. The Balaban J connectivity index is 2.28. The molecule has 0 amide bonds. The van der Waals surface area contributed by atoms with Crippen LogP contribution in [0.5, 0.6) is 0 Å². The van der Waals surface area contributed by atoms with E-state index in [-0.39, 0.29) is 6.61 Å². The maximum Gasteiger partial charge on any atom is 0.472 e.